The van der Waals surface area contributed by atoms with Crippen molar-refractivity contribution in [2.75, 3.05) is 28.3 Å². The van der Waals surface area contributed by atoms with Crippen LogP contribution in [0.4, 0.5) is 17.6 Å². The average Bonchev–Trinajstić information content (AvgIpc) is 2.69. The van der Waals surface area contributed by atoms with E-state index < -0.39 is 23.7 Å². The van der Waals surface area contributed by atoms with Gasteiger partial charge in [0.1, 0.15) is 23.1 Å². The Balaban J connectivity index is 2.56. The Morgan fingerprint density at radius 3 is 2.17 bits per heavy atom. The van der Waals surface area contributed by atoms with Crippen LogP contribution in [0.3, 0.4) is 0 Å². The van der Waals surface area contributed by atoms with Crippen molar-refractivity contribution in [2.45, 2.75) is 25.6 Å². The summed E-state index contributed by atoms with van der Waals surface area (Å²) >= 11 is 0. The number of carbonyl (C=O) groups is 1. The molecule has 0 radical (unpaired) electrons. The number of nitrogens with zero attached hydrogens (tertiary/aromatic N) is 1. The number of methoxy groups -OCH3 is 2. The zero-order chi connectivity index (χ0) is 22.6. The van der Waals surface area contributed by atoms with E-state index >= 15 is 0 Å². The summed E-state index contributed by atoms with van der Waals surface area (Å²) in [5.41, 5.74) is -1.04. The summed E-state index contributed by atoms with van der Waals surface area (Å²) in [7, 11) is 5.79. The molecule has 0 aromatic heterocycles. The SMILES string of the molecule is CCC(Oc1cc(OC)cc(-c2cc(F)c(C(F)(F)F)cc2OC)c1)C(=O)N(C)C. The predicted molar refractivity (Wildman–Crippen MR) is 103 cm³/mol. The van der Waals surface area contributed by atoms with E-state index in [1.165, 1.54) is 37.3 Å². The third kappa shape index (κ3) is 5.14. The lowest BCUT2D eigenvalue weighted by Crippen LogP contribution is -2.37. The Kier molecular flexibility index (Phi) is 7.17. The maximum atomic E-state index is 14.2. The van der Waals surface area contributed by atoms with Crippen LogP contribution >= 0.6 is 0 Å². The summed E-state index contributed by atoms with van der Waals surface area (Å²) in [6, 6.07) is 5.88. The number of benzene rings is 2. The summed E-state index contributed by atoms with van der Waals surface area (Å²) in [5, 5.41) is 0. The van der Waals surface area contributed by atoms with Gasteiger partial charge in [0.15, 0.2) is 6.10 Å². The minimum atomic E-state index is -4.86. The van der Waals surface area contributed by atoms with Crippen molar-refractivity contribution in [2.24, 2.45) is 0 Å². The quantitative estimate of drug-likeness (QED) is 0.595. The second-order valence-electron chi connectivity index (χ2n) is 6.67. The number of likely N-dealkylation sites (N-methyl/N-ethyl adjacent to an activating group) is 1. The second kappa shape index (κ2) is 9.23. The molecule has 2 aromatic carbocycles. The molecule has 2 rings (SSSR count). The molecule has 0 aliphatic heterocycles. The Labute approximate surface area is 172 Å². The van der Waals surface area contributed by atoms with Gasteiger partial charge in [0, 0.05) is 25.7 Å². The molecule has 0 N–H and O–H groups in total. The van der Waals surface area contributed by atoms with Crippen LogP contribution in [0.25, 0.3) is 11.1 Å². The van der Waals surface area contributed by atoms with Gasteiger partial charge in [-0.1, -0.05) is 6.92 Å². The largest absolute Gasteiger partial charge is 0.497 e. The average molecular weight is 429 g/mol. The Morgan fingerprint density at radius 2 is 1.67 bits per heavy atom. The molecule has 5 nitrogen and oxygen atoms in total. The topological polar surface area (TPSA) is 48.0 Å². The summed E-state index contributed by atoms with van der Waals surface area (Å²) < 4.78 is 69.4. The predicted octanol–water partition coefficient (Wildman–Crippen LogP) is 4.77. The number of ether oxygens (including phenoxy) is 3. The molecule has 1 amide bonds. The van der Waals surface area contributed by atoms with E-state index in [-0.39, 0.29) is 23.0 Å². The van der Waals surface area contributed by atoms with Crippen molar-refractivity contribution >= 4 is 5.91 Å². The van der Waals surface area contributed by atoms with Crippen molar-refractivity contribution in [1.82, 2.24) is 4.90 Å². The molecule has 1 atom stereocenters. The van der Waals surface area contributed by atoms with Gasteiger partial charge < -0.3 is 19.1 Å². The minimum absolute atomic E-state index is 0.0822. The summed E-state index contributed by atoms with van der Waals surface area (Å²) in [5.74, 6) is -1.29. The molecular weight excluding hydrogens is 406 g/mol. The molecule has 0 heterocycles. The van der Waals surface area contributed by atoms with E-state index in [0.717, 1.165) is 6.07 Å². The third-order valence-corrected chi connectivity index (χ3v) is 4.39. The van der Waals surface area contributed by atoms with Gasteiger partial charge in [-0.15, -0.1) is 0 Å². The first-order chi connectivity index (χ1) is 14.0. The van der Waals surface area contributed by atoms with E-state index in [2.05, 4.69) is 0 Å². The lowest BCUT2D eigenvalue weighted by molar-refractivity contribution is -0.140. The number of hydrogen-bond acceptors (Lipinski definition) is 4. The number of alkyl halides is 3. The second-order valence-corrected chi connectivity index (χ2v) is 6.67. The highest BCUT2D eigenvalue weighted by Gasteiger charge is 2.35. The maximum absolute atomic E-state index is 14.2. The first-order valence-electron chi connectivity index (χ1n) is 9.03. The number of rotatable bonds is 7. The van der Waals surface area contributed by atoms with E-state index in [0.29, 0.717) is 23.8 Å². The molecule has 0 aliphatic carbocycles. The van der Waals surface area contributed by atoms with E-state index in [4.69, 9.17) is 14.2 Å². The van der Waals surface area contributed by atoms with E-state index in [9.17, 15) is 22.4 Å². The van der Waals surface area contributed by atoms with Crippen molar-refractivity contribution < 1.29 is 36.6 Å². The first-order valence-corrected chi connectivity index (χ1v) is 9.03. The summed E-state index contributed by atoms with van der Waals surface area (Å²) in [6.07, 6.45) is -5.24. The fourth-order valence-electron chi connectivity index (χ4n) is 2.84. The molecule has 164 valence electrons. The molecule has 0 saturated heterocycles. The fourth-order valence-corrected chi connectivity index (χ4v) is 2.84. The highest BCUT2D eigenvalue weighted by atomic mass is 19.4. The lowest BCUT2D eigenvalue weighted by Gasteiger charge is -2.21. The van der Waals surface area contributed by atoms with Gasteiger partial charge in [-0.25, -0.2) is 4.39 Å². The van der Waals surface area contributed by atoms with Crippen LogP contribution in [-0.2, 0) is 11.0 Å². The van der Waals surface area contributed by atoms with Crippen LogP contribution in [0.15, 0.2) is 30.3 Å². The van der Waals surface area contributed by atoms with Crippen LogP contribution in [0.1, 0.15) is 18.9 Å². The molecule has 1 unspecified atom stereocenters. The van der Waals surface area contributed by atoms with Crippen molar-refractivity contribution in [1.29, 1.82) is 0 Å². The molecule has 0 aliphatic rings. The van der Waals surface area contributed by atoms with E-state index in [1.54, 1.807) is 21.0 Å². The summed E-state index contributed by atoms with van der Waals surface area (Å²) in [4.78, 5) is 13.7. The Hall–Kier alpha value is -2.97. The number of halogens is 4. The van der Waals surface area contributed by atoms with Crippen molar-refractivity contribution in [3.05, 3.63) is 41.7 Å². The normalized spacial score (nSPS) is 12.3. The molecule has 0 saturated carbocycles. The molecule has 30 heavy (non-hydrogen) atoms. The third-order valence-electron chi connectivity index (χ3n) is 4.39. The van der Waals surface area contributed by atoms with Crippen molar-refractivity contribution in [3.8, 4) is 28.4 Å². The van der Waals surface area contributed by atoms with Gasteiger partial charge in [0.25, 0.3) is 5.91 Å². The Morgan fingerprint density at radius 1 is 1.03 bits per heavy atom. The maximum Gasteiger partial charge on any atom is 0.419 e. The standard InChI is InChI=1S/C21H23F4NO4/c1-6-18(20(27)26(2)3)30-14-8-12(7-13(9-14)28-4)15-10-17(22)16(21(23,24)25)11-19(15)29-5/h7-11,18H,6H2,1-5H3. The van der Waals surface area contributed by atoms with Crippen LogP contribution in [-0.4, -0.2) is 45.2 Å². The van der Waals surface area contributed by atoms with Gasteiger partial charge in [0.05, 0.1) is 19.8 Å². The van der Waals surface area contributed by atoms with Crippen LogP contribution in [0.5, 0.6) is 17.2 Å². The fraction of sp³-hybridized carbons (Fsp3) is 0.381. The van der Waals surface area contributed by atoms with Gasteiger partial charge in [0.2, 0.25) is 0 Å². The monoisotopic (exact) mass is 429 g/mol. The highest BCUT2D eigenvalue weighted by Crippen LogP contribution is 2.41. The van der Waals surface area contributed by atoms with Gasteiger partial charge in [-0.05, 0) is 36.2 Å². The minimum Gasteiger partial charge on any atom is -0.497 e. The van der Waals surface area contributed by atoms with Gasteiger partial charge in [-0.3, -0.25) is 4.79 Å². The summed E-state index contributed by atoms with van der Waals surface area (Å²) in [6.45, 7) is 1.78. The van der Waals surface area contributed by atoms with Crippen LogP contribution in [0, 0.1) is 5.82 Å². The van der Waals surface area contributed by atoms with Gasteiger partial charge in [-0.2, -0.15) is 13.2 Å². The number of amides is 1. The molecule has 0 bridgehead atoms. The zero-order valence-electron chi connectivity index (χ0n) is 17.3. The first kappa shape index (κ1) is 23.3. The number of carbonyl (C=O) groups excluding carboxylic acids is 1. The molecule has 2 aromatic rings. The Bertz CT molecular complexity index is 913. The smallest absolute Gasteiger partial charge is 0.419 e. The zero-order valence-corrected chi connectivity index (χ0v) is 17.3. The highest BCUT2D eigenvalue weighted by molar-refractivity contribution is 5.81. The van der Waals surface area contributed by atoms with E-state index in [1.807, 2.05) is 0 Å². The number of hydrogen-bond donors (Lipinski definition) is 0. The molecular formula is C21H23F4NO4. The van der Waals surface area contributed by atoms with Crippen LogP contribution < -0.4 is 14.2 Å². The molecule has 9 heteroatoms. The molecule has 0 spiro atoms. The van der Waals surface area contributed by atoms with Crippen molar-refractivity contribution in [3.63, 3.8) is 0 Å². The molecule has 0 fully saturated rings. The lowest BCUT2D eigenvalue weighted by atomic mass is 10.0. The van der Waals surface area contributed by atoms with Crippen LogP contribution in [0.2, 0.25) is 0 Å². The van der Waals surface area contributed by atoms with Gasteiger partial charge >= 0.3 is 6.18 Å².